The lowest BCUT2D eigenvalue weighted by Crippen LogP contribution is -2.14. The van der Waals surface area contributed by atoms with Crippen molar-refractivity contribution in [1.29, 1.82) is 0 Å². The Morgan fingerprint density at radius 1 is 1.05 bits per heavy atom. The highest BCUT2D eigenvalue weighted by molar-refractivity contribution is 6.04. The molecule has 0 atom stereocenters. The highest BCUT2D eigenvalue weighted by Gasteiger charge is 2.20. The van der Waals surface area contributed by atoms with Gasteiger partial charge < -0.3 is 14.9 Å². The Bertz CT molecular complexity index is 520. The van der Waals surface area contributed by atoms with Crippen molar-refractivity contribution in [3.8, 4) is 0 Å². The summed E-state index contributed by atoms with van der Waals surface area (Å²) in [6, 6.07) is 3.25. The van der Waals surface area contributed by atoms with Gasteiger partial charge in [-0.1, -0.05) is 19.8 Å². The average Bonchev–Trinajstić information content (AvgIpc) is 2.42. The van der Waals surface area contributed by atoms with E-state index in [1.165, 1.54) is 0 Å². The average molecular weight is 280 g/mol. The molecule has 0 fully saturated rings. The van der Waals surface area contributed by atoms with Crippen LogP contribution in [0.5, 0.6) is 0 Å². The fourth-order valence-corrected chi connectivity index (χ4v) is 1.63. The highest BCUT2D eigenvalue weighted by Crippen LogP contribution is 2.14. The molecule has 1 aromatic rings. The third-order valence-corrected chi connectivity index (χ3v) is 2.70. The summed E-state index contributed by atoms with van der Waals surface area (Å²) in [4.78, 5) is 33.7. The topological polar surface area (TPSA) is 101 Å². The Balaban J connectivity index is 2.94. The number of unbranched alkanes of at least 4 members (excludes halogenated alkanes) is 2. The van der Waals surface area contributed by atoms with E-state index in [0.29, 0.717) is 6.42 Å². The zero-order valence-electron chi connectivity index (χ0n) is 11.1. The van der Waals surface area contributed by atoms with Crippen molar-refractivity contribution in [3.05, 3.63) is 34.9 Å². The molecule has 1 aromatic carbocycles. The van der Waals surface area contributed by atoms with Crippen LogP contribution in [0.3, 0.4) is 0 Å². The van der Waals surface area contributed by atoms with Crippen molar-refractivity contribution >= 4 is 17.9 Å². The van der Waals surface area contributed by atoms with E-state index in [-0.39, 0.29) is 23.3 Å². The number of benzene rings is 1. The van der Waals surface area contributed by atoms with Crippen molar-refractivity contribution in [3.63, 3.8) is 0 Å². The van der Waals surface area contributed by atoms with E-state index in [1.54, 1.807) is 0 Å². The number of rotatable bonds is 7. The number of hydrogen-bond donors (Lipinski definition) is 2. The van der Waals surface area contributed by atoms with Gasteiger partial charge >= 0.3 is 17.9 Å². The molecule has 0 radical (unpaired) electrons. The molecular formula is C14H16O6. The van der Waals surface area contributed by atoms with E-state index in [2.05, 4.69) is 0 Å². The maximum atomic E-state index is 11.8. The minimum absolute atomic E-state index is 0.157. The van der Waals surface area contributed by atoms with Gasteiger partial charge in [-0.3, -0.25) is 0 Å². The SMILES string of the molecule is CCCCCOC(=O)c1cc(C(=O)O)ccc1C(=O)O. The number of carboxylic acids is 2. The molecule has 1 rings (SSSR count). The van der Waals surface area contributed by atoms with E-state index >= 15 is 0 Å². The standard InChI is InChI=1S/C14H16O6/c1-2-3-4-7-20-14(19)11-8-9(12(15)16)5-6-10(11)13(17)18/h5-6,8H,2-4,7H2,1H3,(H,15,16)(H,17,18). The molecule has 0 heterocycles. The molecule has 6 nitrogen and oxygen atoms in total. The Hall–Kier alpha value is -2.37. The number of ether oxygens (including phenoxy) is 1. The molecule has 0 aromatic heterocycles. The van der Waals surface area contributed by atoms with E-state index in [4.69, 9.17) is 14.9 Å². The molecule has 2 N–H and O–H groups in total. The predicted octanol–water partition coefficient (Wildman–Crippen LogP) is 2.43. The van der Waals surface area contributed by atoms with Gasteiger partial charge in [0.15, 0.2) is 0 Å². The molecule has 0 spiro atoms. The first-order chi connectivity index (χ1) is 9.47. The van der Waals surface area contributed by atoms with Crippen LogP contribution in [0.1, 0.15) is 57.3 Å². The first-order valence-electron chi connectivity index (χ1n) is 6.25. The monoisotopic (exact) mass is 280 g/mol. The van der Waals surface area contributed by atoms with Gasteiger partial charge in [0.2, 0.25) is 0 Å². The molecule has 20 heavy (non-hydrogen) atoms. The Morgan fingerprint density at radius 2 is 1.75 bits per heavy atom. The number of esters is 1. The third-order valence-electron chi connectivity index (χ3n) is 2.70. The lowest BCUT2D eigenvalue weighted by atomic mass is 10.0. The zero-order valence-corrected chi connectivity index (χ0v) is 11.1. The summed E-state index contributed by atoms with van der Waals surface area (Å²) in [5, 5.41) is 17.9. The largest absolute Gasteiger partial charge is 0.478 e. The summed E-state index contributed by atoms with van der Waals surface area (Å²) in [6.07, 6.45) is 2.55. The van der Waals surface area contributed by atoms with Crippen LogP contribution in [0.2, 0.25) is 0 Å². The van der Waals surface area contributed by atoms with Crippen LogP contribution in [0.15, 0.2) is 18.2 Å². The van der Waals surface area contributed by atoms with E-state index < -0.39 is 17.9 Å². The fourth-order valence-electron chi connectivity index (χ4n) is 1.63. The smallest absolute Gasteiger partial charge is 0.339 e. The number of carboxylic acid groups (broad SMARTS) is 2. The van der Waals surface area contributed by atoms with Gasteiger partial charge in [0, 0.05) is 0 Å². The van der Waals surface area contributed by atoms with E-state index in [9.17, 15) is 14.4 Å². The minimum atomic E-state index is -1.30. The summed E-state index contributed by atoms with van der Waals surface area (Å²) in [5.41, 5.74) is -0.667. The molecule has 0 saturated carbocycles. The van der Waals surface area contributed by atoms with Crippen LogP contribution in [-0.4, -0.2) is 34.7 Å². The first-order valence-corrected chi connectivity index (χ1v) is 6.25. The van der Waals surface area contributed by atoms with Crippen molar-refractivity contribution in [2.24, 2.45) is 0 Å². The van der Waals surface area contributed by atoms with Crippen LogP contribution in [-0.2, 0) is 4.74 Å². The Labute approximate surface area is 116 Å². The van der Waals surface area contributed by atoms with E-state index in [1.807, 2.05) is 6.92 Å². The van der Waals surface area contributed by atoms with Crippen LogP contribution >= 0.6 is 0 Å². The van der Waals surface area contributed by atoms with Gasteiger partial charge in [0.25, 0.3) is 0 Å². The molecule has 0 saturated heterocycles. The van der Waals surface area contributed by atoms with Gasteiger partial charge in [-0.15, -0.1) is 0 Å². The van der Waals surface area contributed by atoms with Gasteiger partial charge in [-0.2, -0.15) is 0 Å². The summed E-state index contributed by atoms with van der Waals surface area (Å²) in [5.74, 6) is -3.36. The molecule has 0 amide bonds. The molecule has 0 aliphatic rings. The van der Waals surface area contributed by atoms with Gasteiger partial charge in [0.05, 0.1) is 23.3 Å². The number of aromatic carboxylic acids is 2. The van der Waals surface area contributed by atoms with Crippen LogP contribution in [0.4, 0.5) is 0 Å². The van der Waals surface area contributed by atoms with Crippen LogP contribution in [0.25, 0.3) is 0 Å². The minimum Gasteiger partial charge on any atom is -0.478 e. The normalized spacial score (nSPS) is 10.1. The van der Waals surface area contributed by atoms with Gasteiger partial charge in [-0.25, -0.2) is 14.4 Å². The van der Waals surface area contributed by atoms with Crippen molar-refractivity contribution in [2.75, 3.05) is 6.61 Å². The number of hydrogen-bond acceptors (Lipinski definition) is 4. The van der Waals surface area contributed by atoms with Crippen molar-refractivity contribution in [2.45, 2.75) is 26.2 Å². The molecular weight excluding hydrogens is 264 g/mol. The van der Waals surface area contributed by atoms with Crippen molar-refractivity contribution < 1.29 is 29.3 Å². The first kappa shape index (κ1) is 15.7. The molecule has 108 valence electrons. The molecule has 6 heteroatoms. The Kier molecular flexibility index (Phi) is 5.71. The fraction of sp³-hybridized carbons (Fsp3) is 0.357. The highest BCUT2D eigenvalue weighted by atomic mass is 16.5. The van der Waals surface area contributed by atoms with Gasteiger partial charge in [-0.05, 0) is 24.6 Å². The maximum Gasteiger partial charge on any atom is 0.339 e. The second-order valence-corrected chi connectivity index (χ2v) is 4.21. The molecule has 0 unspecified atom stereocenters. The third kappa shape index (κ3) is 4.08. The predicted molar refractivity (Wildman–Crippen MR) is 70.2 cm³/mol. The summed E-state index contributed by atoms with van der Waals surface area (Å²) >= 11 is 0. The lowest BCUT2D eigenvalue weighted by Gasteiger charge is -2.08. The quantitative estimate of drug-likeness (QED) is 0.587. The van der Waals surface area contributed by atoms with Crippen LogP contribution in [0, 0.1) is 0 Å². The van der Waals surface area contributed by atoms with E-state index in [0.717, 1.165) is 31.0 Å². The molecule has 0 aliphatic heterocycles. The summed E-state index contributed by atoms with van der Waals surface area (Å²) in [6.45, 7) is 2.18. The molecule has 0 bridgehead atoms. The summed E-state index contributed by atoms with van der Waals surface area (Å²) < 4.78 is 4.96. The number of carbonyl (C=O) groups excluding carboxylic acids is 1. The van der Waals surface area contributed by atoms with Crippen LogP contribution < -0.4 is 0 Å². The lowest BCUT2D eigenvalue weighted by molar-refractivity contribution is 0.0488. The second-order valence-electron chi connectivity index (χ2n) is 4.21. The Morgan fingerprint density at radius 3 is 2.30 bits per heavy atom. The zero-order chi connectivity index (χ0) is 15.1. The second kappa shape index (κ2) is 7.28. The molecule has 0 aliphatic carbocycles. The van der Waals surface area contributed by atoms with Gasteiger partial charge in [0.1, 0.15) is 0 Å². The summed E-state index contributed by atoms with van der Waals surface area (Å²) in [7, 11) is 0. The number of carbonyl (C=O) groups is 3. The maximum absolute atomic E-state index is 11.8. The van der Waals surface area contributed by atoms with Crippen molar-refractivity contribution in [1.82, 2.24) is 0 Å².